The van der Waals surface area contributed by atoms with E-state index in [4.69, 9.17) is 9.15 Å². The first kappa shape index (κ1) is 19.3. The average Bonchev–Trinajstić information content (AvgIpc) is 3.32. The van der Waals surface area contributed by atoms with Gasteiger partial charge in [-0.15, -0.1) is 11.3 Å². The summed E-state index contributed by atoms with van der Waals surface area (Å²) in [5.41, 5.74) is 3.39. The molecule has 7 heteroatoms. The van der Waals surface area contributed by atoms with Gasteiger partial charge in [0.15, 0.2) is 0 Å². The van der Waals surface area contributed by atoms with Crippen LogP contribution in [0.2, 0.25) is 0 Å². The van der Waals surface area contributed by atoms with Crippen molar-refractivity contribution in [2.45, 2.75) is 20.5 Å². The molecule has 0 bridgehead atoms. The number of aromatic nitrogens is 2. The smallest absolute Gasteiger partial charge is 0.348 e. The zero-order valence-corrected chi connectivity index (χ0v) is 17.7. The second-order valence-corrected chi connectivity index (χ2v) is 8.36. The van der Waals surface area contributed by atoms with Crippen molar-refractivity contribution in [1.29, 1.82) is 0 Å². The van der Waals surface area contributed by atoms with Crippen LogP contribution in [0.1, 0.15) is 26.5 Å². The van der Waals surface area contributed by atoms with Crippen molar-refractivity contribution in [1.82, 2.24) is 9.78 Å². The molecule has 3 aromatic heterocycles. The van der Waals surface area contributed by atoms with E-state index >= 15 is 0 Å². The van der Waals surface area contributed by atoms with E-state index in [1.807, 2.05) is 67.1 Å². The van der Waals surface area contributed by atoms with Gasteiger partial charge in [0.05, 0.1) is 11.4 Å². The number of fused-ring (bicyclic) bond motifs is 2. The van der Waals surface area contributed by atoms with Gasteiger partial charge in [-0.05, 0) is 43.7 Å². The minimum Gasteiger partial charge on any atom is -0.457 e. The number of carbonyl (C=O) groups excluding carboxylic acids is 1. The molecule has 3 heterocycles. The maximum atomic E-state index is 12.8. The largest absolute Gasteiger partial charge is 0.457 e. The van der Waals surface area contributed by atoms with Crippen molar-refractivity contribution >= 4 is 38.5 Å². The maximum Gasteiger partial charge on any atom is 0.348 e. The third-order valence-electron chi connectivity index (χ3n) is 5.09. The van der Waals surface area contributed by atoms with Gasteiger partial charge in [-0.2, -0.15) is 5.10 Å². The van der Waals surface area contributed by atoms with Gasteiger partial charge in [0.1, 0.15) is 21.9 Å². The molecule has 0 saturated heterocycles. The number of aryl methyl sites for hydroxylation is 2. The molecule has 0 fully saturated rings. The highest BCUT2D eigenvalue weighted by Gasteiger charge is 2.18. The van der Waals surface area contributed by atoms with Crippen LogP contribution in [0.25, 0.3) is 26.9 Å². The number of ether oxygens (including phenoxy) is 1. The number of nitrogens with zero attached hydrogens (tertiary/aromatic N) is 2. The van der Waals surface area contributed by atoms with E-state index in [9.17, 15) is 9.59 Å². The van der Waals surface area contributed by atoms with E-state index in [1.54, 1.807) is 6.07 Å². The summed E-state index contributed by atoms with van der Waals surface area (Å²) in [5, 5.41) is 6.27. The summed E-state index contributed by atoms with van der Waals surface area (Å²) in [5.74, 6) is -0.436. The van der Waals surface area contributed by atoms with E-state index in [1.165, 1.54) is 17.4 Å². The number of para-hydroxylation sites is 1. The first-order valence-corrected chi connectivity index (χ1v) is 10.6. The Labute approximate surface area is 181 Å². The van der Waals surface area contributed by atoms with Gasteiger partial charge in [-0.3, -0.25) is 0 Å². The normalized spacial score (nSPS) is 11.3. The highest BCUT2D eigenvalue weighted by atomic mass is 32.1. The highest BCUT2D eigenvalue weighted by molar-refractivity contribution is 7.20. The Kier molecular flexibility index (Phi) is 4.67. The fourth-order valence-electron chi connectivity index (χ4n) is 3.56. The fourth-order valence-corrected chi connectivity index (χ4v) is 4.64. The van der Waals surface area contributed by atoms with E-state index in [0.717, 1.165) is 32.5 Å². The lowest BCUT2D eigenvalue weighted by Gasteiger charge is -2.07. The van der Waals surface area contributed by atoms with Gasteiger partial charge in [-0.1, -0.05) is 30.3 Å². The number of hydrogen-bond acceptors (Lipinski definition) is 6. The van der Waals surface area contributed by atoms with Crippen LogP contribution in [0.5, 0.6) is 0 Å². The van der Waals surface area contributed by atoms with Crippen molar-refractivity contribution in [3.63, 3.8) is 0 Å². The van der Waals surface area contributed by atoms with Gasteiger partial charge in [0, 0.05) is 22.4 Å². The Balaban J connectivity index is 1.44. The number of rotatable bonds is 4. The second kappa shape index (κ2) is 7.52. The molecule has 31 heavy (non-hydrogen) atoms. The van der Waals surface area contributed by atoms with Gasteiger partial charge in [-0.25, -0.2) is 14.3 Å². The number of carbonyl (C=O) groups is 1. The minimum atomic E-state index is -0.468. The predicted molar refractivity (Wildman–Crippen MR) is 120 cm³/mol. The Morgan fingerprint density at radius 1 is 1.06 bits per heavy atom. The van der Waals surface area contributed by atoms with Crippen LogP contribution in [0.4, 0.5) is 0 Å². The van der Waals surface area contributed by atoms with E-state index in [2.05, 4.69) is 5.10 Å². The number of benzene rings is 2. The first-order chi connectivity index (χ1) is 15.0. The summed E-state index contributed by atoms with van der Waals surface area (Å²) in [6.07, 6.45) is 0. The lowest BCUT2D eigenvalue weighted by Crippen LogP contribution is -2.07. The summed E-state index contributed by atoms with van der Waals surface area (Å²) >= 11 is 1.34. The third kappa shape index (κ3) is 3.53. The number of thiophene rings is 1. The van der Waals surface area contributed by atoms with Crippen molar-refractivity contribution < 1.29 is 13.9 Å². The van der Waals surface area contributed by atoms with Gasteiger partial charge >= 0.3 is 11.6 Å². The number of esters is 1. The molecule has 0 aliphatic rings. The molecule has 5 aromatic rings. The summed E-state index contributed by atoms with van der Waals surface area (Å²) in [7, 11) is 0. The molecule has 0 radical (unpaired) electrons. The maximum absolute atomic E-state index is 12.8. The molecule has 2 aromatic carbocycles. The molecule has 0 aliphatic carbocycles. The molecule has 5 rings (SSSR count). The van der Waals surface area contributed by atoms with Crippen LogP contribution in [-0.4, -0.2) is 15.7 Å². The van der Waals surface area contributed by atoms with Crippen LogP contribution < -0.4 is 5.63 Å². The third-order valence-corrected chi connectivity index (χ3v) is 6.18. The number of hydrogen-bond donors (Lipinski definition) is 0. The van der Waals surface area contributed by atoms with Gasteiger partial charge in [0.25, 0.3) is 0 Å². The van der Waals surface area contributed by atoms with Crippen molar-refractivity contribution in [2.24, 2.45) is 0 Å². The molecule has 0 N–H and O–H groups in total. The van der Waals surface area contributed by atoms with Crippen LogP contribution in [0, 0.1) is 13.8 Å². The second-order valence-electron chi connectivity index (χ2n) is 7.33. The molecule has 0 amide bonds. The highest BCUT2D eigenvalue weighted by Crippen LogP contribution is 2.31. The quantitative estimate of drug-likeness (QED) is 0.291. The van der Waals surface area contributed by atoms with E-state index in [0.29, 0.717) is 16.0 Å². The molecular weight excluding hydrogens is 412 g/mol. The Morgan fingerprint density at radius 2 is 1.87 bits per heavy atom. The Morgan fingerprint density at radius 3 is 2.68 bits per heavy atom. The molecule has 0 atom stereocenters. The van der Waals surface area contributed by atoms with Gasteiger partial charge < -0.3 is 9.15 Å². The SMILES string of the molecule is Cc1ccc2c(COC(=O)c3cc4c(C)nn(-c5ccccc5)c4s3)cc(=O)oc2c1. The molecule has 0 saturated carbocycles. The molecule has 0 unspecified atom stereocenters. The summed E-state index contributed by atoms with van der Waals surface area (Å²) in [4.78, 5) is 26.1. The van der Waals surface area contributed by atoms with E-state index < -0.39 is 11.6 Å². The first-order valence-electron chi connectivity index (χ1n) is 9.75. The molecule has 6 nitrogen and oxygen atoms in total. The van der Waals surface area contributed by atoms with Crippen LogP contribution in [-0.2, 0) is 11.3 Å². The topological polar surface area (TPSA) is 74.3 Å². The molecule has 0 spiro atoms. The lowest BCUT2D eigenvalue weighted by molar-refractivity contribution is 0.0479. The summed E-state index contributed by atoms with van der Waals surface area (Å²) in [6.45, 7) is 3.83. The minimum absolute atomic E-state index is 0.0119. The van der Waals surface area contributed by atoms with Crippen molar-refractivity contribution in [3.8, 4) is 5.69 Å². The summed E-state index contributed by atoms with van der Waals surface area (Å²) in [6, 6.07) is 18.6. The van der Waals surface area contributed by atoms with Crippen LogP contribution in [0.3, 0.4) is 0 Å². The lowest BCUT2D eigenvalue weighted by atomic mass is 10.1. The molecule has 154 valence electrons. The zero-order chi connectivity index (χ0) is 21.5. The summed E-state index contributed by atoms with van der Waals surface area (Å²) < 4.78 is 12.7. The molecule has 0 aliphatic heterocycles. The zero-order valence-electron chi connectivity index (χ0n) is 16.9. The Hall–Kier alpha value is -3.71. The van der Waals surface area contributed by atoms with Gasteiger partial charge in [0.2, 0.25) is 0 Å². The van der Waals surface area contributed by atoms with Crippen molar-refractivity contribution in [3.05, 3.63) is 92.8 Å². The van der Waals surface area contributed by atoms with Crippen molar-refractivity contribution in [2.75, 3.05) is 0 Å². The predicted octanol–water partition coefficient (Wildman–Crippen LogP) is 5.17. The standard InChI is InChI=1S/C24H18N2O4S/c1-14-8-9-18-16(11-22(27)30-20(18)10-14)13-29-24(28)21-12-19-15(2)25-26(23(19)31-21)17-6-4-3-5-7-17/h3-12H,13H2,1-2H3. The van der Waals surface area contributed by atoms with Crippen LogP contribution in [0.15, 0.2) is 69.9 Å². The monoisotopic (exact) mass is 430 g/mol. The Bertz CT molecular complexity index is 1500. The van der Waals surface area contributed by atoms with Crippen LogP contribution >= 0.6 is 11.3 Å². The average molecular weight is 430 g/mol. The molecular formula is C24H18N2O4S. The van der Waals surface area contributed by atoms with E-state index in [-0.39, 0.29) is 6.61 Å². The fraction of sp³-hybridized carbons (Fsp3) is 0.125.